The first-order valence-electron chi connectivity index (χ1n) is 8.19. The third-order valence-corrected chi connectivity index (χ3v) is 4.92. The van der Waals surface area contributed by atoms with Crippen LogP contribution in [-0.2, 0) is 6.54 Å². The molecule has 0 spiro atoms. The molecule has 20 heavy (non-hydrogen) atoms. The first-order chi connectivity index (χ1) is 9.70. The average molecular weight is 273 g/mol. The summed E-state index contributed by atoms with van der Waals surface area (Å²) >= 11 is 0. The molecule has 1 N–H and O–H groups in total. The van der Waals surface area contributed by atoms with Gasteiger partial charge in [0, 0.05) is 12.6 Å². The molecule has 0 bridgehead atoms. The molecule has 2 heteroatoms. The molecule has 2 saturated carbocycles. The lowest BCUT2D eigenvalue weighted by atomic mass is 9.80. The zero-order valence-corrected chi connectivity index (χ0v) is 12.8. The van der Waals surface area contributed by atoms with E-state index in [-0.39, 0.29) is 0 Å². The maximum absolute atomic E-state index is 6.21. The van der Waals surface area contributed by atoms with Crippen LogP contribution in [0.15, 0.2) is 24.3 Å². The van der Waals surface area contributed by atoms with Crippen LogP contribution < -0.4 is 10.1 Å². The minimum Gasteiger partial charge on any atom is -0.490 e. The average Bonchev–Trinajstić information content (AvgIpc) is 3.25. The van der Waals surface area contributed by atoms with Crippen LogP contribution in [0.2, 0.25) is 0 Å². The largest absolute Gasteiger partial charge is 0.490 e. The molecule has 1 aromatic carbocycles. The van der Waals surface area contributed by atoms with Crippen molar-refractivity contribution < 1.29 is 4.74 Å². The monoisotopic (exact) mass is 273 g/mol. The van der Waals surface area contributed by atoms with Crippen LogP contribution in [0.5, 0.6) is 5.75 Å². The van der Waals surface area contributed by atoms with Crippen molar-refractivity contribution in [2.24, 2.45) is 11.8 Å². The minimum atomic E-state index is 0.410. The van der Waals surface area contributed by atoms with Crippen LogP contribution in [0.3, 0.4) is 0 Å². The quantitative estimate of drug-likeness (QED) is 0.870. The second kappa shape index (κ2) is 6.17. The van der Waals surface area contributed by atoms with Gasteiger partial charge in [-0.2, -0.15) is 0 Å². The van der Waals surface area contributed by atoms with Gasteiger partial charge >= 0.3 is 0 Å². The molecular formula is C18H27NO. The molecule has 2 nitrogen and oxygen atoms in total. The number of ether oxygens (including phenoxy) is 1. The van der Waals surface area contributed by atoms with Crippen LogP contribution in [0.25, 0.3) is 0 Å². The van der Waals surface area contributed by atoms with E-state index < -0.39 is 0 Å². The zero-order valence-electron chi connectivity index (χ0n) is 12.8. The van der Waals surface area contributed by atoms with Gasteiger partial charge < -0.3 is 10.1 Å². The third-order valence-electron chi connectivity index (χ3n) is 4.92. The number of rotatable bonds is 5. The highest BCUT2D eigenvalue weighted by molar-refractivity contribution is 5.28. The summed E-state index contributed by atoms with van der Waals surface area (Å²) in [5.41, 5.74) is 1.34. The van der Waals surface area contributed by atoms with E-state index in [1.54, 1.807) is 0 Å². The van der Waals surface area contributed by atoms with Crippen molar-refractivity contribution in [3.63, 3.8) is 0 Å². The molecule has 0 aromatic heterocycles. The molecule has 0 radical (unpaired) electrons. The number of nitrogens with one attached hydrogen (secondary N) is 1. The maximum atomic E-state index is 6.21. The van der Waals surface area contributed by atoms with Crippen molar-refractivity contribution in [3.8, 4) is 5.75 Å². The molecule has 110 valence electrons. The Balaban J connectivity index is 1.54. The van der Waals surface area contributed by atoms with Gasteiger partial charge in [-0.15, -0.1) is 0 Å². The SMILES string of the molecule is CC1CCC(Oc2cccc(CNC3CC3)c2)CC1C. The summed E-state index contributed by atoms with van der Waals surface area (Å²) in [6.45, 7) is 5.70. The minimum absolute atomic E-state index is 0.410. The number of hydrogen-bond donors (Lipinski definition) is 1. The van der Waals surface area contributed by atoms with Crippen LogP contribution in [0.4, 0.5) is 0 Å². The lowest BCUT2D eigenvalue weighted by Crippen LogP contribution is -2.28. The Labute approximate surface area is 122 Å². The van der Waals surface area contributed by atoms with Crippen molar-refractivity contribution in [3.05, 3.63) is 29.8 Å². The molecule has 3 atom stereocenters. The highest BCUT2D eigenvalue weighted by atomic mass is 16.5. The summed E-state index contributed by atoms with van der Waals surface area (Å²) < 4.78 is 6.21. The molecule has 0 aliphatic heterocycles. The van der Waals surface area contributed by atoms with Gasteiger partial charge in [-0.3, -0.25) is 0 Å². The summed E-state index contributed by atoms with van der Waals surface area (Å²) in [6.07, 6.45) is 6.80. The predicted octanol–water partition coefficient (Wildman–Crippen LogP) is 4.14. The third kappa shape index (κ3) is 3.76. The summed E-state index contributed by atoms with van der Waals surface area (Å²) in [4.78, 5) is 0. The van der Waals surface area contributed by atoms with E-state index in [1.165, 1.54) is 37.7 Å². The molecule has 0 amide bonds. The van der Waals surface area contributed by atoms with E-state index in [2.05, 4.69) is 43.4 Å². The number of benzene rings is 1. The summed E-state index contributed by atoms with van der Waals surface area (Å²) in [7, 11) is 0. The van der Waals surface area contributed by atoms with Gasteiger partial charge in [0.15, 0.2) is 0 Å². The zero-order chi connectivity index (χ0) is 13.9. The highest BCUT2D eigenvalue weighted by Crippen LogP contribution is 2.32. The van der Waals surface area contributed by atoms with Crippen molar-refractivity contribution in [2.45, 2.75) is 64.6 Å². The van der Waals surface area contributed by atoms with E-state index in [0.717, 1.165) is 30.2 Å². The van der Waals surface area contributed by atoms with Crippen molar-refractivity contribution >= 4 is 0 Å². The topological polar surface area (TPSA) is 21.3 Å². The van der Waals surface area contributed by atoms with Crippen LogP contribution in [0, 0.1) is 11.8 Å². The molecule has 2 fully saturated rings. The van der Waals surface area contributed by atoms with Crippen LogP contribution in [0.1, 0.15) is 51.5 Å². The first-order valence-corrected chi connectivity index (χ1v) is 8.19. The maximum Gasteiger partial charge on any atom is 0.120 e. The Morgan fingerprint density at radius 2 is 1.95 bits per heavy atom. The number of hydrogen-bond acceptors (Lipinski definition) is 2. The Bertz CT molecular complexity index is 441. The van der Waals surface area contributed by atoms with Gasteiger partial charge in [0.2, 0.25) is 0 Å². The van der Waals surface area contributed by atoms with Gasteiger partial charge in [0.25, 0.3) is 0 Å². The van der Waals surface area contributed by atoms with E-state index in [0.29, 0.717) is 6.10 Å². The van der Waals surface area contributed by atoms with Gasteiger partial charge in [0.1, 0.15) is 5.75 Å². The molecule has 3 rings (SSSR count). The lowest BCUT2D eigenvalue weighted by Gasteiger charge is -2.32. The molecule has 2 aliphatic rings. The Morgan fingerprint density at radius 1 is 1.10 bits per heavy atom. The van der Waals surface area contributed by atoms with E-state index in [1.807, 2.05) is 0 Å². The normalized spacial score (nSPS) is 30.2. The standard InChI is InChI=1S/C18H27NO/c1-13-6-9-18(10-14(13)2)20-17-5-3-4-15(11-17)12-19-16-7-8-16/h3-5,11,13-14,16,18-19H,6-10,12H2,1-2H3. The summed E-state index contributed by atoms with van der Waals surface area (Å²) in [6, 6.07) is 9.38. The Morgan fingerprint density at radius 3 is 2.70 bits per heavy atom. The van der Waals surface area contributed by atoms with Gasteiger partial charge in [0.05, 0.1) is 6.10 Å². The van der Waals surface area contributed by atoms with Crippen molar-refractivity contribution in [1.82, 2.24) is 5.32 Å². The molecular weight excluding hydrogens is 246 g/mol. The predicted molar refractivity (Wildman–Crippen MR) is 82.9 cm³/mol. The smallest absolute Gasteiger partial charge is 0.120 e. The van der Waals surface area contributed by atoms with E-state index >= 15 is 0 Å². The van der Waals surface area contributed by atoms with Gasteiger partial charge in [-0.05, 0) is 61.6 Å². The van der Waals surface area contributed by atoms with Crippen LogP contribution in [-0.4, -0.2) is 12.1 Å². The van der Waals surface area contributed by atoms with Gasteiger partial charge in [-0.1, -0.05) is 26.0 Å². The molecule has 0 heterocycles. The van der Waals surface area contributed by atoms with Crippen molar-refractivity contribution in [1.29, 1.82) is 0 Å². The Kier molecular flexibility index (Phi) is 4.30. The fourth-order valence-corrected chi connectivity index (χ4v) is 3.08. The Hall–Kier alpha value is -1.02. The fourth-order valence-electron chi connectivity index (χ4n) is 3.08. The molecule has 0 saturated heterocycles. The molecule has 1 aromatic rings. The highest BCUT2D eigenvalue weighted by Gasteiger charge is 2.25. The second-order valence-electron chi connectivity index (χ2n) is 6.81. The van der Waals surface area contributed by atoms with Crippen LogP contribution >= 0.6 is 0 Å². The van der Waals surface area contributed by atoms with E-state index in [4.69, 9.17) is 4.74 Å². The lowest BCUT2D eigenvalue weighted by molar-refractivity contribution is 0.101. The van der Waals surface area contributed by atoms with Crippen molar-refractivity contribution in [2.75, 3.05) is 0 Å². The second-order valence-corrected chi connectivity index (χ2v) is 6.81. The van der Waals surface area contributed by atoms with E-state index in [9.17, 15) is 0 Å². The van der Waals surface area contributed by atoms with Gasteiger partial charge in [-0.25, -0.2) is 0 Å². The fraction of sp³-hybridized carbons (Fsp3) is 0.667. The summed E-state index contributed by atoms with van der Waals surface area (Å²) in [5, 5.41) is 3.56. The molecule has 3 unspecified atom stereocenters. The first kappa shape index (κ1) is 13.9. The summed E-state index contributed by atoms with van der Waals surface area (Å²) in [5.74, 6) is 2.68. The molecule has 2 aliphatic carbocycles.